The molecule has 20 heavy (non-hydrogen) atoms. The molecule has 0 aliphatic carbocycles. The van der Waals surface area contributed by atoms with Crippen LogP contribution in [0.3, 0.4) is 0 Å². The molecule has 1 aromatic rings. The van der Waals surface area contributed by atoms with Gasteiger partial charge in [-0.1, -0.05) is 53.2 Å². The van der Waals surface area contributed by atoms with Crippen LogP contribution in [-0.4, -0.2) is 13.0 Å². The molecule has 0 fully saturated rings. The average Bonchev–Trinajstić information content (AvgIpc) is 2.35. The van der Waals surface area contributed by atoms with Crippen LogP contribution in [0.2, 0.25) is 0 Å². The van der Waals surface area contributed by atoms with Crippen molar-refractivity contribution in [2.24, 2.45) is 11.3 Å². The molecule has 1 N–H and O–H groups in total. The minimum absolute atomic E-state index is 0.0427. The zero-order valence-corrected chi connectivity index (χ0v) is 13.9. The molecule has 3 nitrogen and oxygen atoms in total. The first kappa shape index (κ1) is 17.2. The molecule has 1 aromatic carbocycles. The fourth-order valence-corrected chi connectivity index (χ4v) is 2.98. The number of rotatable bonds is 6. The Hall–Kier alpha value is -0.870. The normalized spacial score (nSPS) is 14.6. The van der Waals surface area contributed by atoms with E-state index >= 15 is 0 Å². The SMILES string of the molecule is CCC(C)(C)C(CC(C)C)c1ccc(S(=O)(=O)O)cc1. The highest BCUT2D eigenvalue weighted by molar-refractivity contribution is 7.85. The first-order valence-electron chi connectivity index (χ1n) is 7.15. The zero-order chi connectivity index (χ0) is 15.6. The van der Waals surface area contributed by atoms with E-state index < -0.39 is 10.1 Å². The summed E-state index contributed by atoms with van der Waals surface area (Å²) in [5.41, 5.74) is 1.29. The summed E-state index contributed by atoms with van der Waals surface area (Å²) in [4.78, 5) is -0.0427. The molecule has 0 saturated carbocycles. The summed E-state index contributed by atoms with van der Waals surface area (Å²) in [6.07, 6.45) is 2.12. The van der Waals surface area contributed by atoms with Gasteiger partial charge in [0.15, 0.2) is 0 Å². The number of benzene rings is 1. The lowest BCUT2D eigenvalue weighted by Gasteiger charge is -2.35. The molecular weight excluding hydrogens is 272 g/mol. The van der Waals surface area contributed by atoms with Gasteiger partial charge in [0.25, 0.3) is 10.1 Å². The molecular formula is C16H26O3S. The van der Waals surface area contributed by atoms with Gasteiger partial charge in [-0.05, 0) is 41.4 Å². The smallest absolute Gasteiger partial charge is 0.282 e. The van der Waals surface area contributed by atoms with Crippen LogP contribution in [0.4, 0.5) is 0 Å². The van der Waals surface area contributed by atoms with E-state index in [1.54, 1.807) is 0 Å². The van der Waals surface area contributed by atoms with E-state index in [1.807, 2.05) is 12.1 Å². The molecule has 0 bridgehead atoms. The molecule has 1 rings (SSSR count). The topological polar surface area (TPSA) is 54.4 Å². The lowest BCUT2D eigenvalue weighted by molar-refractivity contribution is 0.242. The Kier molecular flexibility index (Phi) is 5.39. The molecule has 0 amide bonds. The summed E-state index contributed by atoms with van der Waals surface area (Å²) >= 11 is 0. The fraction of sp³-hybridized carbons (Fsp3) is 0.625. The van der Waals surface area contributed by atoms with Gasteiger partial charge in [0.2, 0.25) is 0 Å². The van der Waals surface area contributed by atoms with Crippen LogP contribution >= 0.6 is 0 Å². The maximum Gasteiger partial charge on any atom is 0.294 e. The highest BCUT2D eigenvalue weighted by Crippen LogP contribution is 2.42. The van der Waals surface area contributed by atoms with E-state index in [4.69, 9.17) is 4.55 Å². The van der Waals surface area contributed by atoms with Crippen molar-refractivity contribution in [1.29, 1.82) is 0 Å². The van der Waals surface area contributed by atoms with Crippen LogP contribution in [0.15, 0.2) is 29.2 Å². The molecule has 4 heteroatoms. The molecule has 0 aromatic heterocycles. The van der Waals surface area contributed by atoms with Crippen LogP contribution in [0.5, 0.6) is 0 Å². The Balaban J connectivity index is 3.15. The van der Waals surface area contributed by atoms with Crippen molar-refractivity contribution in [2.45, 2.75) is 58.3 Å². The van der Waals surface area contributed by atoms with Gasteiger partial charge in [0.05, 0.1) is 4.90 Å². The van der Waals surface area contributed by atoms with E-state index in [-0.39, 0.29) is 10.3 Å². The maximum atomic E-state index is 11.1. The third-order valence-corrected chi connectivity index (χ3v) is 5.01. The van der Waals surface area contributed by atoms with Gasteiger partial charge in [-0.2, -0.15) is 8.42 Å². The van der Waals surface area contributed by atoms with Crippen LogP contribution in [-0.2, 0) is 10.1 Å². The molecule has 0 spiro atoms. The fourth-order valence-electron chi connectivity index (χ4n) is 2.50. The Morgan fingerprint density at radius 2 is 1.65 bits per heavy atom. The van der Waals surface area contributed by atoms with E-state index in [0.717, 1.165) is 18.4 Å². The molecule has 0 aliphatic heterocycles. The van der Waals surface area contributed by atoms with Gasteiger partial charge in [-0.25, -0.2) is 0 Å². The average molecular weight is 298 g/mol. The van der Waals surface area contributed by atoms with Crippen LogP contribution in [0.1, 0.15) is 58.9 Å². The second-order valence-electron chi connectivity index (χ2n) is 6.57. The number of hydrogen-bond donors (Lipinski definition) is 1. The summed E-state index contributed by atoms with van der Waals surface area (Å²) in [5.74, 6) is 0.954. The monoisotopic (exact) mass is 298 g/mol. The molecule has 0 heterocycles. The number of hydrogen-bond acceptors (Lipinski definition) is 2. The van der Waals surface area contributed by atoms with Gasteiger partial charge < -0.3 is 0 Å². The van der Waals surface area contributed by atoms with Crippen molar-refractivity contribution < 1.29 is 13.0 Å². The molecule has 1 atom stereocenters. The Morgan fingerprint density at radius 1 is 1.15 bits per heavy atom. The van der Waals surface area contributed by atoms with Crippen molar-refractivity contribution in [3.63, 3.8) is 0 Å². The zero-order valence-electron chi connectivity index (χ0n) is 13.1. The van der Waals surface area contributed by atoms with Crippen molar-refractivity contribution in [1.82, 2.24) is 0 Å². The van der Waals surface area contributed by atoms with Gasteiger partial charge >= 0.3 is 0 Å². The highest BCUT2D eigenvalue weighted by atomic mass is 32.2. The third kappa shape index (κ3) is 4.32. The minimum atomic E-state index is -4.11. The predicted octanol–water partition coefficient (Wildman–Crippen LogP) is 4.50. The summed E-state index contributed by atoms with van der Waals surface area (Å²) in [7, 11) is -4.11. The molecule has 114 valence electrons. The van der Waals surface area contributed by atoms with Crippen LogP contribution < -0.4 is 0 Å². The van der Waals surface area contributed by atoms with Crippen LogP contribution in [0, 0.1) is 11.3 Å². The van der Waals surface area contributed by atoms with E-state index in [0.29, 0.717) is 11.8 Å². The quantitative estimate of drug-likeness (QED) is 0.787. The van der Waals surface area contributed by atoms with Gasteiger partial charge in [-0.15, -0.1) is 0 Å². The lowest BCUT2D eigenvalue weighted by Crippen LogP contribution is -2.23. The van der Waals surface area contributed by atoms with E-state index in [2.05, 4.69) is 34.6 Å². The largest absolute Gasteiger partial charge is 0.294 e. The van der Waals surface area contributed by atoms with E-state index in [9.17, 15) is 8.42 Å². The molecule has 0 aliphatic rings. The van der Waals surface area contributed by atoms with Crippen LogP contribution in [0.25, 0.3) is 0 Å². The maximum absolute atomic E-state index is 11.1. The van der Waals surface area contributed by atoms with Crippen molar-refractivity contribution in [3.8, 4) is 0 Å². The summed E-state index contributed by atoms with van der Waals surface area (Å²) in [6, 6.07) is 6.63. The second-order valence-corrected chi connectivity index (χ2v) is 7.99. The van der Waals surface area contributed by atoms with Gasteiger partial charge in [0, 0.05) is 0 Å². The van der Waals surface area contributed by atoms with Gasteiger partial charge in [0.1, 0.15) is 0 Å². The predicted molar refractivity (Wildman–Crippen MR) is 82.5 cm³/mol. The molecule has 0 radical (unpaired) electrons. The van der Waals surface area contributed by atoms with Crippen molar-refractivity contribution in [3.05, 3.63) is 29.8 Å². The minimum Gasteiger partial charge on any atom is -0.282 e. The second kappa shape index (κ2) is 6.27. The highest BCUT2D eigenvalue weighted by Gasteiger charge is 2.29. The van der Waals surface area contributed by atoms with E-state index in [1.165, 1.54) is 12.1 Å². The first-order chi connectivity index (χ1) is 9.08. The van der Waals surface area contributed by atoms with Gasteiger partial charge in [-0.3, -0.25) is 4.55 Å². The summed E-state index contributed by atoms with van der Waals surface area (Å²) < 4.78 is 31.2. The summed E-state index contributed by atoms with van der Waals surface area (Å²) in [5, 5.41) is 0. The molecule has 0 saturated heterocycles. The lowest BCUT2D eigenvalue weighted by atomic mass is 9.70. The Bertz CT molecular complexity index is 527. The van der Waals surface area contributed by atoms with Crippen molar-refractivity contribution in [2.75, 3.05) is 0 Å². The Labute approximate surface area is 123 Å². The summed E-state index contributed by atoms with van der Waals surface area (Å²) in [6.45, 7) is 11.1. The first-order valence-corrected chi connectivity index (χ1v) is 8.59. The van der Waals surface area contributed by atoms with Crippen molar-refractivity contribution >= 4 is 10.1 Å². The standard InChI is InChI=1S/C16H26O3S/c1-6-16(4,5)15(11-12(2)3)13-7-9-14(10-8-13)20(17,18)19/h7-10,12,15H,6,11H2,1-5H3,(H,17,18,19). The third-order valence-electron chi connectivity index (χ3n) is 4.14. The Morgan fingerprint density at radius 3 is 2.00 bits per heavy atom. The molecule has 1 unspecified atom stereocenters.